The average Bonchev–Trinajstić information content (AvgIpc) is 4.11. The van der Waals surface area contributed by atoms with E-state index in [1.165, 1.54) is 0 Å². The molecule has 72 heavy (non-hydrogen) atoms. The van der Waals surface area contributed by atoms with Crippen molar-refractivity contribution in [3.05, 3.63) is 82.3 Å². The summed E-state index contributed by atoms with van der Waals surface area (Å²) in [4.78, 5) is 49.6. The summed E-state index contributed by atoms with van der Waals surface area (Å²) in [7, 11) is 0. The van der Waals surface area contributed by atoms with E-state index >= 15 is 0 Å². The van der Waals surface area contributed by atoms with Gasteiger partial charge in [-0.2, -0.15) is 0 Å². The molecule has 12 rings (SSSR count). The van der Waals surface area contributed by atoms with Gasteiger partial charge in [0.15, 0.2) is 23.1 Å². The number of hydrogen-bond donors (Lipinski definition) is 8. The van der Waals surface area contributed by atoms with Crippen LogP contribution in [-0.4, -0.2) is 113 Å². The van der Waals surface area contributed by atoms with Gasteiger partial charge in [-0.05, 0) is 203 Å². The summed E-state index contributed by atoms with van der Waals surface area (Å²) in [5, 5.41) is 79.4. The fourth-order valence-electron chi connectivity index (χ4n) is 10.7. The Bertz CT molecular complexity index is 2560. The molecule has 0 radical (unpaired) electrons. The lowest BCUT2D eigenvalue weighted by molar-refractivity contribution is 0.0459. The number of phenolic OH excluding ortho intramolecular Hbond substituents is 4. The van der Waals surface area contributed by atoms with Crippen LogP contribution in [-0.2, 0) is 0 Å². The molecule has 0 saturated heterocycles. The molecule has 4 aliphatic carbocycles. The van der Waals surface area contributed by atoms with Gasteiger partial charge in [0.2, 0.25) is 0 Å². The van der Waals surface area contributed by atoms with Gasteiger partial charge in [0.1, 0.15) is 92.7 Å². The normalized spacial score (nSPS) is 29.7. The van der Waals surface area contributed by atoms with Crippen molar-refractivity contribution in [3.63, 3.8) is 0 Å². The van der Waals surface area contributed by atoms with Gasteiger partial charge < -0.3 is 59.8 Å². The molecule has 4 fully saturated rings. The molecule has 0 spiro atoms. The maximum absolute atomic E-state index is 12.4. The molecule has 0 unspecified atom stereocenters. The summed E-state index contributed by atoms with van der Waals surface area (Å²) >= 11 is 26.1. The van der Waals surface area contributed by atoms with Gasteiger partial charge in [-0.15, -0.1) is 0 Å². The highest BCUT2D eigenvalue weighted by atomic mass is 79.9. The first-order valence-electron chi connectivity index (χ1n) is 22.4. The standard InChI is InChI=1S/4C12H10Br2O4/c4*13-4-3-5(14)12-9(10(4)16)11(17)8-6(15)1-2-7(8)18-12/h4*3,6-8,15-16H,1-2H2/t4*6-,7+,8-/m0000/s1. The van der Waals surface area contributed by atoms with E-state index in [9.17, 15) is 60.0 Å². The number of carbonyl (C=O) groups is 4. The number of fused-ring (bicyclic) bond motifs is 8. The molecule has 0 amide bonds. The van der Waals surface area contributed by atoms with Crippen molar-refractivity contribution < 1.29 is 79.0 Å². The Kier molecular flexibility index (Phi) is 16.0. The minimum Gasteiger partial charge on any atom is -0.506 e. The molecule has 4 saturated carbocycles. The van der Waals surface area contributed by atoms with E-state index in [4.69, 9.17) is 18.9 Å². The highest BCUT2D eigenvalue weighted by Crippen LogP contribution is 2.53. The predicted octanol–water partition coefficient (Wildman–Crippen LogP) is 10.5. The lowest BCUT2D eigenvalue weighted by Gasteiger charge is -2.30. The molecule has 16 nitrogen and oxygen atoms in total. The average molecular weight is 1510 g/mol. The summed E-state index contributed by atoms with van der Waals surface area (Å²) in [6, 6.07) is 6.58. The van der Waals surface area contributed by atoms with Gasteiger partial charge in [0, 0.05) is 0 Å². The fraction of sp³-hybridized carbons (Fsp3) is 0.417. The molecule has 0 bridgehead atoms. The van der Waals surface area contributed by atoms with Gasteiger partial charge in [-0.25, -0.2) is 0 Å². The van der Waals surface area contributed by atoms with Crippen LogP contribution in [0.15, 0.2) is 60.0 Å². The first-order chi connectivity index (χ1) is 34.0. The van der Waals surface area contributed by atoms with Crippen LogP contribution >= 0.6 is 127 Å². The Morgan fingerprint density at radius 1 is 0.319 bits per heavy atom. The SMILES string of the molecule is O=C1c2c(O)c(Br)cc(Br)c2O[C@@H]2CC[C@H](O)[C@H]12.O=C1c2c(O)c(Br)cc(Br)c2O[C@@H]2CC[C@H](O)[C@H]12.O=C1c2c(O)c(Br)cc(Br)c2O[C@@H]2CC[C@H](O)[C@H]12.O=C1c2c(O)c(Br)cc(Br)c2O[C@@H]2CC[C@H](O)[C@H]12. The molecule has 8 N–H and O–H groups in total. The molecule has 4 heterocycles. The van der Waals surface area contributed by atoms with Crippen LogP contribution in [0.3, 0.4) is 0 Å². The second kappa shape index (κ2) is 21.2. The molecule has 4 aromatic carbocycles. The van der Waals surface area contributed by atoms with Crippen LogP contribution in [0.2, 0.25) is 0 Å². The number of Topliss-reactive ketones (excluding diaryl/α,β-unsaturated/α-hetero) is 4. The zero-order valence-corrected chi connectivity index (χ0v) is 49.4. The third-order valence-corrected chi connectivity index (χ3v) is 18.9. The zero-order valence-electron chi connectivity index (χ0n) is 36.8. The molecule has 384 valence electrons. The van der Waals surface area contributed by atoms with E-state index in [-0.39, 0.29) is 92.8 Å². The van der Waals surface area contributed by atoms with Crippen LogP contribution < -0.4 is 18.9 Å². The zero-order chi connectivity index (χ0) is 52.1. The van der Waals surface area contributed by atoms with Crippen LogP contribution in [0.4, 0.5) is 0 Å². The van der Waals surface area contributed by atoms with Crippen molar-refractivity contribution in [1.82, 2.24) is 0 Å². The van der Waals surface area contributed by atoms with Gasteiger partial charge in [-0.3, -0.25) is 19.2 Å². The summed E-state index contributed by atoms with van der Waals surface area (Å²) in [6.45, 7) is 0. The van der Waals surface area contributed by atoms with Crippen molar-refractivity contribution >= 4 is 151 Å². The lowest BCUT2D eigenvalue weighted by Crippen LogP contribution is -2.38. The van der Waals surface area contributed by atoms with Crippen molar-refractivity contribution in [2.45, 2.75) is 100 Å². The van der Waals surface area contributed by atoms with Gasteiger partial charge >= 0.3 is 0 Å². The number of halogens is 8. The monoisotopic (exact) mass is 1500 g/mol. The van der Waals surface area contributed by atoms with Crippen molar-refractivity contribution in [3.8, 4) is 46.0 Å². The number of carbonyl (C=O) groups excluding carboxylic acids is 4. The van der Waals surface area contributed by atoms with Crippen molar-refractivity contribution in [2.75, 3.05) is 0 Å². The second-order valence-corrected chi connectivity index (χ2v) is 25.2. The Labute approximate surface area is 477 Å². The molecule has 24 heteroatoms. The van der Waals surface area contributed by atoms with E-state index in [1.54, 1.807) is 24.3 Å². The highest BCUT2D eigenvalue weighted by molar-refractivity contribution is 9.12. The third-order valence-electron chi connectivity index (χ3n) is 14.2. The van der Waals surface area contributed by atoms with Crippen LogP contribution in [0.1, 0.15) is 92.8 Å². The number of ether oxygens (including phenoxy) is 4. The van der Waals surface area contributed by atoms with E-state index in [0.29, 0.717) is 110 Å². The summed E-state index contributed by atoms with van der Waals surface area (Å²) in [6.07, 6.45) is 0.886. The Morgan fingerprint density at radius 3 is 0.681 bits per heavy atom. The number of aliphatic hydroxyl groups excluding tert-OH is 4. The van der Waals surface area contributed by atoms with E-state index < -0.39 is 48.1 Å². The van der Waals surface area contributed by atoms with Crippen molar-refractivity contribution in [2.24, 2.45) is 23.7 Å². The summed E-state index contributed by atoms with van der Waals surface area (Å²) in [5.74, 6) is -2.27. The number of benzene rings is 4. The molecular formula is C48H40Br8O16. The molecule has 8 aliphatic rings. The quantitative estimate of drug-likeness (QED) is 0.0813. The number of rotatable bonds is 0. The third kappa shape index (κ3) is 9.52. The van der Waals surface area contributed by atoms with Crippen LogP contribution in [0, 0.1) is 23.7 Å². The first kappa shape index (κ1) is 54.4. The van der Waals surface area contributed by atoms with Crippen molar-refractivity contribution in [1.29, 1.82) is 0 Å². The first-order valence-corrected chi connectivity index (χ1v) is 28.8. The Balaban J connectivity index is 0.000000119. The number of phenols is 4. The fourth-order valence-corrected chi connectivity index (χ4v) is 15.7. The smallest absolute Gasteiger partial charge is 0.179 e. The second-order valence-electron chi connectivity index (χ2n) is 18.3. The molecule has 4 aliphatic heterocycles. The predicted molar refractivity (Wildman–Crippen MR) is 284 cm³/mol. The van der Waals surface area contributed by atoms with Crippen LogP contribution in [0.5, 0.6) is 46.0 Å². The minimum atomic E-state index is -0.687. The maximum atomic E-state index is 12.4. The topological polar surface area (TPSA) is 267 Å². The van der Waals surface area contributed by atoms with Gasteiger partial charge in [0.05, 0.1) is 83.9 Å². The van der Waals surface area contributed by atoms with Crippen LogP contribution in [0.25, 0.3) is 0 Å². The van der Waals surface area contributed by atoms with E-state index in [2.05, 4.69) is 127 Å². The Morgan fingerprint density at radius 2 is 0.500 bits per heavy atom. The molecule has 0 aromatic heterocycles. The largest absolute Gasteiger partial charge is 0.506 e. The van der Waals surface area contributed by atoms with Gasteiger partial charge in [0.25, 0.3) is 0 Å². The maximum Gasteiger partial charge on any atom is 0.179 e. The number of ketones is 4. The van der Waals surface area contributed by atoms with Gasteiger partial charge in [-0.1, -0.05) is 0 Å². The molecular weight excluding hydrogens is 1470 g/mol. The number of aromatic hydroxyl groups is 4. The summed E-state index contributed by atoms with van der Waals surface area (Å²) in [5.41, 5.74) is 0.605. The van der Waals surface area contributed by atoms with E-state index in [0.717, 1.165) is 0 Å². The Hall–Kier alpha value is -2.36. The summed E-state index contributed by atoms with van der Waals surface area (Å²) < 4.78 is 27.2. The van der Waals surface area contributed by atoms with E-state index in [1.807, 2.05) is 0 Å². The number of hydrogen-bond acceptors (Lipinski definition) is 16. The molecule has 12 atom stereocenters. The lowest BCUT2D eigenvalue weighted by atomic mass is 9.89. The highest BCUT2D eigenvalue weighted by Gasteiger charge is 2.51. The number of aliphatic hydroxyl groups is 4. The molecule has 4 aromatic rings. The minimum absolute atomic E-state index is 0.129.